The van der Waals surface area contributed by atoms with Crippen LogP contribution in [0.3, 0.4) is 0 Å². The maximum Gasteiger partial charge on any atom is 0.305 e. The van der Waals surface area contributed by atoms with Crippen molar-refractivity contribution >= 4 is 44.3 Å². The van der Waals surface area contributed by atoms with Crippen molar-refractivity contribution in [3.63, 3.8) is 0 Å². The maximum atomic E-state index is 12.2. The number of carbonyl (C=O) groups is 2. The number of fused-ring (bicyclic) bond motifs is 1. The van der Waals surface area contributed by atoms with Crippen molar-refractivity contribution in [3.8, 4) is 0 Å². The molecule has 0 fully saturated rings. The molecule has 0 aliphatic heterocycles. The number of benzene rings is 1. The number of furan rings is 1. The van der Waals surface area contributed by atoms with Crippen LogP contribution in [-0.2, 0) is 0 Å². The van der Waals surface area contributed by atoms with Crippen LogP contribution in [0, 0.1) is 0 Å². The molecule has 0 saturated heterocycles. The van der Waals surface area contributed by atoms with Crippen LogP contribution in [0.15, 0.2) is 51.7 Å². The van der Waals surface area contributed by atoms with E-state index in [0.29, 0.717) is 21.3 Å². The lowest BCUT2D eigenvalue weighted by atomic mass is 10.1. The zero-order valence-corrected chi connectivity index (χ0v) is 13.3. The second-order valence-electron chi connectivity index (χ2n) is 4.61. The Bertz CT molecular complexity index is 907. The molecule has 0 aliphatic carbocycles. The van der Waals surface area contributed by atoms with Crippen molar-refractivity contribution in [2.75, 3.05) is 5.73 Å². The van der Waals surface area contributed by atoms with Gasteiger partial charge in [-0.25, -0.2) is 0 Å². The molecule has 0 atom stereocenters. The molecule has 8 heteroatoms. The summed E-state index contributed by atoms with van der Waals surface area (Å²) in [5.41, 5.74) is 11.7. The molecule has 0 aliphatic rings. The molecule has 0 unspecified atom stereocenters. The number of rotatable bonds is 2. The van der Waals surface area contributed by atoms with E-state index in [2.05, 4.69) is 31.8 Å². The predicted molar refractivity (Wildman–Crippen MR) is 87.5 cm³/mol. The Morgan fingerprint density at radius 3 is 2.57 bits per heavy atom. The Balaban J connectivity index is 1.76. The molecule has 2 heterocycles. The average molecular weight is 375 g/mol. The molecule has 2 amide bonds. The Hall–Kier alpha value is -2.87. The van der Waals surface area contributed by atoms with E-state index < -0.39 is 11.8 Å². The van der Waals surface area contributed by atoms with Gasteiger partial charge < -0.3 is 10.2 Å². The molecular weight excluding hydrogens is 364 g/mol. The van der Waals surface area contributed by atoms with E-state index in [0.717, 1.165) is 0 Å². The van der Waals surface area contributed by atoms with Crippen LogP contribution in [0.5, 0.6) is 0 Å². The highest BCUT2D eigenvalue weighted by atomic mass is 79.9. The summed E-state index contributed by atoms with van der Waals surface area (Å²) >= 11 is 3.09. The highest BCUT2D eigenvalue weighted by molar-refractivity contribution is 9.10. The lowest BCUT2D eigenvalue weighted by Gasteiger charge is -2.09. The van der Waals surface area contributed by atoms with Gasteiger partial charge in [0.25, 0.3) is 5.91 Å². The van der Waals surface area contributed by atoms with Crippen molar-refractivity contribution in [2.24, 2.45) is 0 Å². The van der Waals surface area contributed by atoms with Crippen LogP contribution in [0.2, 0.25) is 0 Å². The summed E-state index contributed by atoms with van der Waals surface area (Å²) in [4.78, 5) is 28.1. The molecule has 3 aromatic rings. The molecule has 1 aromatic carbocycles. The first kappa shape index (κ1) is 15.0. The fourth-order valence-electron chi connectivity index (χ4n) is 2.02. The van der Waals surface area contributed by atoms with Crippen molar-refractivity contribution < 1.29 is 14.0 Å². The monoisotopic (exact) mass is 374 g/mol. The molecule has 116 valence electrons. The number of nitrogens with two attached hydrogens (primary N) is 1. The molecular formula is C15H11BrN4O3. The van der Waals surface area contributed by atoms with Crippen LogP contribution in [0.25, 0.3) is 10.9 Å². The molecule has 0 radical (unpaired) electrons. The van der Waals surface area contributed by atoms with Gasteiger partial charge in [-0.2, -0.15) is 0 Å². The third-order valence-electron chi connectivity index (χ3n) is 3.15. The van der Waals surface area contributed by atoms with Crippen molar-refractivity contribution in [2.45, 2.75) is 0 Å². The molecule has 4 N–H and O–H groups in total. The van der Waals surface area contributed by atoms with E-state index >= 15 is 0 Å². The minimum atomic E-state index is -0.587. The number of para-hydroxylation sites is 1. The number of nitrogens with one attached hydrogen (secondary N) is 2. The standard InChI is InChI=1S/C15H11BrN4O3/c16-12-6-5-11(23-12)15(22)20-19-14(21)9-7-18-10-4-2-1-3-8(10)13(9)17/h1-7H,(H2,17,18)(H,19,21)(H,20,22). The van der Waals surface area contributed by atoms with Crippen LogP contribution in [0.4, 0.5) is 5.69 Å². The van der Waals surface area contributed by atoms with Gasteiger partial charge in [-0.05, 0) is 34.1 Å². The Labute approximate surface area is 139 Å². The van der Waals surface area contributed by atoms with E-state index in [1.54, 1.807) is 24.3 Å². The lowest BCUT2D eigenvalue weighted by Crippen LogP contribution is -2.41. The van der Waals surface area contributed by atoms with Gasteiger partial charge in [-0.15, -0.1) is 0 Å². The summed E-state index contributed by atoms with van der Waals surface area (Å²) in [5, 5.41) is 0.668. The summed E-state index contributed by atoms with van der Waals surface area (Å²) in [7, 11) is 0. The van der Waals surface area contributed by atoms with Gasteiger partial charge in [0.1, 0.15) is 0 Å². The van der Waals surface area contributed by atoms with Gasteiger partial charge in [0.05, 0.1) is 16.8 Å². The van der Waals surface area contributed by atoms with Crippen LogP contribution in [0.1, 0.15) is 20.9 Å². The van der Waals surface area contributed by atoms with Gasteiger partial charge in [0.2, 0.25) is 0 Å². The lowest BCUT2D eigenvalue weighted by molar-refractivity contribution is 0.0830. The van der Waals surface area contributed by atoms with E-state index in [1.807, 2.05) is 6.07 Å². The number of hydrogen-bond donors (Lipinski definition) is 3. The molecule has 2 aromatic heterocycles. The number of pyridine rings is 1. The Morgan fingerprint density at radius 1 is 1.09 bits per heavy atom. The molecule has 0 spiro atoms. The quantitative estimate of drug-likeness (QED) is 0.595. The second-order valence-corrected chi connectivity index (χ2v) is 5.40. The molecule has 3 rings (SSSR count). The van der Waals surface area contributed by atoms with Gasteiger partial charge in [0, 0.05) is 11.6 Å². The van der Waals surface area contributed by atoms with E-state index in [4.69, 9.17) is 10.2 Å². The SMILES string of the molecule is Nc1c(C(=O)NNC(=O)c2ccc(Br)o2)cnc2ccccc12. The zero-order chi connectivity index (χ0) is 16.4. The summed E-state index contributed by atoms with van der Waals surface area (Å²) in [6.07, 6.45) is 1.36. The fourth-order valence-corrected chi connectivity index (χ4v) is 2.33. The van der Waals surface area contributed by atoms with Crippen LogP contribution >= 0.6 is 15.9 Å². The van der Waals surface area contributed by atoms with E-state index in [1.165, 1.54) is 12.3 Å². The maximum absolute atomic E-state index is 12.2. The summed E-state index contributed by atoms with van der Waals surface area (Å²) < 4.78 is 5.49. The number of halogens is 1. The average Bonchev–Trinajstić information content (AvgIpc) is 2.99. The first-order chi connectivity index (χ1) is 11.1. The zero-order valence-electron chi connectivity index (χ0n) is 11.7. The minimum Gasteiger partial charge on any atom is -0.444 e. The first-order valence-corrected chi connectivity index (χ1v) is 7.35. The highest BCUT2D eigenvalue weighted by Crippen LogP contribution is 2.22. The summed E-state index contributed by atoms with van der Waals surface area (Å²) in [6.45, 7) is 0. The number of hydrogen-bond acceptors (Lipinski definition) is 5. The van der Waals surface area contributed by atoms with Gasteiger partial charge >= 0.3 is 5.91 Å². The minimum absolute atomic E-state index is 0.0572. The third-order valence-corrected chi connectivity index (χ3v) is 3.57. The number of nitrogen functional groups attached to an aromatic ring is 1. The highest BCUT2D eigenvalue weighted by Gasteiger charge is 2.15. The Kier molecular flexibility index (Phi) is 3.98. The molecule has 0 saturated carbocycles. The van der Waals surface area contributed by atoms with Crippen LogP contribution in [-0.4, -0.2) is 16.8 Å². The van der Waals surface area contributed by atoms with E-state index in [9.17, 15) is 9.59 Å². The van der Waals surface area contributed by atoms with Crippen molar-refractivity contribution in [1.82, 2.24) is 15.8 Å². The predicted octanol–water partition coefficient (Wildman–Crippen LogP) is 2.25. The van der Waals surface area contributed by atoms with Gasteiger partial charge in [-0.3, -0.25) is 25.4 Å². The molecule has 0 bridgehead atoms. The van der Waals surface area contributed by atoms with Crippen molar-refractivity contribution in [1.29, 1.82) is 0 Å². The summed E-state index contributed by atoms with van der Waals surface area (Å²) in [6, 6.07) is 10.2. The van der Waals surface area contributed by atoms with Crippen molar-refractivity contribution in [3.05, 3.63) is 58.6 Å². The number of amides is 2. The number of aromatic nitrogens is 1. The third kappa shape index (κ3) is 3.02. The number of hydrazine groups is 1. The number of anilines is 1. The van der Waals surface area contributed by atoms with Crippen LogP contribution < -0.4 is 16.6 Å². The molecule has 7 nitrogen and oxygen atoms in total. The number of nitrogens with zero attached hydrogens (tertiary/aromatic N) is 1. The number of carbonyl (C=O) groups excluding carboxylic acids is 2. The van der Waals surface area contributed by atoms with Gasteiger partial charge in [0.15, 0.2) is 10.4 Å². The second kappa shape index (κ2) is 6.09. The molecule has 23 heavy (non-hydrogen) atoms. The van der Waals surface area contributed by atoms with E-state index in [-0.39, 0.29) is 11.3 Å². The Morgan fingerprint density at radius 2 is 1.83 bits per heavy atom. The smallest absolute Gasteiger partial charge is 0.305 e. The first-order valence-electron chi connectivity index (χ1n) is 6.55. The largest absolute Gasteiger partial charge is 0.444 e. The topological polar surface area (TPSA) is 110 Å². The fraction of sp³-hybridized carbons (Fsp3) is 0. The normalized spacial score (nSPS) is 10.5. The van der Waals surface area contributed by atoms with Gasteiger partial charge in [-0.1, -0.05) is 18.2 Å². The summed E-state index contributed by atoms with van der Waals surface area (Å²) in [5.74, 6) is -1.10.